The Morgan fingerprint density at radius 2 is 1.87 bits per heavy atom. The summed E-state index contributed by atoms with van der Waals surface area (Å²) in [5.41, 5.74) is 6.21. The van der Waals surface area contributed by atoms with Crippen LogP contribution in [0.5, 0.6) is 0 Å². The van der Waals surface area contributed by atoms with E-state index in [4.69, 9.17) is 10.2 Å². The van der Waals surface area contributed by atoms with E-state index in [0.717, 1.165) is 11.5 Å². The molecule has 0 radical (unpaired) electrons. The summed E-state index contributed by atoms with van der Waals surface area (Å²) in [6.45, 7) is 4.25. The van der Waals surface area contributed by atoms with Crippen molar-refractivity contribution in [2.75, 3.05) is 12.4 Å². The van der Waals surface area contributed by atoms with Crippen molar-refractivity contribution in [3.8, 4) is 0 Å². The molecule has 0 aliphatic heterocycles. The van der Waals surface area contributed by atoms with Gasteiger partial charge in [-0.3, -0.25) is 14.5 Å². The predicted molar refractivity (Wildman–Crippen MR) is 88.0 cm³/mol. The zero-order valence-corrected chi connectivity index (χ0v) is 13.5. The van der Waals surface area contributed by atoms with Crippen LogP contribution in [0.3, 0.4) is 0 Å². The molecule has 0 fully saturated rings. The van der Waals surface area contributed by atoms with Crippen molar-refractivity contribution in [2.24, 2.45) is 5.73 Å². The average molecular weight is 315 g/mol. The molecule has 0 bridgehead atoms. The maximum absolute atomic E-state index is 12.3. The lowest BCUT2D eigenvalue weighted by molar-refractivity contribution is -0.120. The SMILES string of the molecule is Cc1ccc(CN(C)[C@@H](C)C(=O)Nc2ccc(C(N)=O)cc2)o1. The molecule has 2 aromatic rings. The van der Waals surface area contributed by atoms with E-state index in [9.17, 15) is 9.59 Å². The van der Waals surface area contributed by atoms with Crippen molar-refractivity contribution in [3.05, 3.63) is 53.5 Å². The number of anilines is 1. The fourth-order valence-electron chi connectivity index (χ4n) is 2.12. The largest absolute Gasteiger partial charge is 0.465 e. The molecule has 2 rings (SSSR count). The Labute approximate surface area is 135 Å². The number of aryl methyl sites for hydroxylation is 1. The van der Waals surface area contributed by atoms with Crippen LogP contribution in [0.25, 0.3) is 0 Å². The summed E-state index contributed by atoms with van der Waals surface area (Å²) in [6.07, 6.45) is 0. The summed E-state index contributed by atoms with van der Waals surface area (Å²) in [5, 5.41) is 2.82. The second-order valence-electron chi connectivity index (χ2n) is 5.53. The lowest BCUT2D eigenvalue weighted by Gasteiger charge is -2.22. The van der Waals surface area contributed by atoms with Crippen molar-refractivity contribution >= 4 is 17.5 Å². The normalized spacial score (nSPS) is 12.2. The summed E-state index contributed by atoms with van der Waals surface area (Å²) < 4.78 is 5.52. The number of hydrogen-bond acceptors (Lipinski definition) is 4. The van der Waals surface area contributed by atoms with Crippen LogP contribution >= 0.6 is 0 Å². The van der Waals surface area contributed by atoms with E-state index >= 15 is 0 Å². The standard InChI is InChI=1S/C17H21N3O3/c1-11-4-9-15(23-11)10-20(3)12(2)17(22)19-14-7-5-13(6-8-14)16(18)21/h4-9,12H,10H2,1-3H3,(H2,18,21)(H,19,22)/t12-/m0/s1. The van der Waals surface area contributed by atoms with Gasteiger partial charge in [0.2, 0.25) is 11.8 Å². The first kappa shape index (κ1) is 16.8. The Bertz CT molecular complexity index is 691. The molecule has 0 saturated carbocycles. The highest BCUT2D eigenvalue weighted by molar-refractivity contribution is 5.96. The molecule has 1 heterocycles. The summed E-state index contributed by atoms with van der Waals surface area (Å²) in [6, 6.07) is 9.93. The molecule has 0 saturated heterocycles. The van der Waals surface area contributed by atoms with Crippen LogP contribution in [-0.4, -0.2) is 29.8 Å². The molecule has 122 valence electrons. The molecule has 23 heavy (non-hydrogen) atoms. The zero-order chi connectivity index (χ0) is 17.0. The maximum Gasteiger partial charge on any atom is 0.248 e. The minimum absolute atomic E-state index is 0.136. The number of nitrogens with two attached hydrogens (primary N) is 1. The Morgan fingerprint density at radius 1 is 1.22 bits per heavy atom. The van der Waals surface area contributed by atoms with E-state index in [-0.39, 0.29) is 11.9 Å². The number of likely N-dealkylation sites (N-methyl/N-ethyl adjacent to an activating group) is 1. The third kappa shape index (κ3) is 4.43. The van der Waals surface area contributed by atoms with E-state index in [1.165, 1.54) is 0 Å². The van der Waals surface area contributed by atoms with Crippen LogP contribution in [0.1, 0.15) is 28.8 Å². The molecule has 6 nitrogen and oxygen atoms in total. The van der Waals surface area contributed by atoms with Gasteiger partial charge >= 0.3 is 0 Å². The van der Waals surface area contributed by atoms with Gasteiger partial charge in [0.05, 0.1) is 12.6 Å². The lowest BCUT2D eigenvalue weighted by Crippen LogP contribution is -2.39. The van der Waals surface area contributed by atoms with Gasteiger partial charge in [-0.1, -0.05) is 0 Å². The van der Waals surface area contributed by atoms with E-state index in [1.807, 2.05) is 37.9 Å². The highest BCUT2D eigenvalue weighted by Crippen LogP contribution is 2.13. The van der Waals surface area contributed by atoms with Crippen molar-refractivity contribution in [1.29, 1.82) is 0 Å². The molecule has 6 heteroatoms. The van der Waals surface area contributed by atoms with Crippen LogP contribution in [0.15, 0.2) is 40.8 Å². The number of rotatable bonds is 6. The fraction of sp³-hybridized carbons (Fsp3) is 0.294. The molecule has 2 amide bonds. The average Bonchev–Trinajstić information content (AvgIpc) is 2.92. The summed E-state index contributed by atoms with van der Waals surface area (Å²) >= 11 is 0. The number of benzene rings is 1. The summed E-state index contributed by atoms with van der Waals surface area (Å²) in [7, 11) is 1.86. The molecule has 1 aromatic carbocycles. The van der Waals surface area contributed by atoms with Gasteiger partial charge in [0.15, 0.2) is 0 Å². The van der Waals surface area contributed by atoms with Crippen molar-refractivity contribution in [3.63, 3.8) is 0 Å². The molecule has 0 aliphatic rings. The molecule has 3 N–H and O–H groups in total. The zero-order valence-electron chi connectivity index (χ0n) is 13.5. The number of furan rings is 1. The number of nitrogens with one attached hydrogen (secondary N) is 1. The number of hydrogen-bond donors (Lipinski definition) is 2. The Kier molecular flexibility index (Phi) is 5.18. The molecule has 0 aliphatic carbocycles. The second kappa shape index (κ2) is 7.11. The van der Waals surface area contributed by atoms with Crippen LogP contribution in [-0.2, 0) is 11.3 Å². The van der Waals surface area contributed by atoms with Crippen LogP contribution in [0, 0.1) is 6.92 Å². The topological polar surface area (TPSA) is 88.6 Å². The molecular formula is C17H21N3O3. The Morgan fingerprint density at radius 3 is 2.39 bits per heavy atom. The minimum Gasteiger partial charge on any atom is -0.465 e. The van der Waals surface area contributed by atoms with Crippen LogP contribution in [0.2, 0.25) is 0 Å². The number of carbonyl (C=O) groups excluding carboxylic acids is 2. The third-order valence-electron chi connectivity index (χ3n) is 3.68. The first-order valence-electron chi connectivity index (χ1n) is 7.33. The van der Waals surface area contributed by atoms with Crippen molar-refractivity contribution < 1.29 is 14.0 Å². The van der Waals surface area contributed by atoms with Gasteiger partial charge in [-0.25, -0.2) is 0 Å². The number of carbonyl (C=O) groups is 2. The number of primary amides is 1. The number of nitrogens with zero attached hydrogens (tertiary/aromatic N) is 1. The fourth-order valence-corrected chi connectivity index (χ4v) is 2.12. The van der Waals surface area contributed by atoms with Crippen molar-refractivity contribution in [1.82, 2.24) is 4.90 Å². The maximum atomic E-state index is 12.3. The highest BCUT2D eigenvalue weighted by Gasteiger charge is 2.19. The molecule has 0 spiro atoms. The monoisotopic (exact) mass is 315 g/mol. The van der Waals surface area contributed by atoms with Gasteiger partial charge in [0, 0.05) is 11.3 Å². The molecular weight excluding hydrogens is 294 g/mol. The summed E-state index contributed by atoms with van der Waals surface area (Å²) in [4.78, 5) is 25.2. The quantitative estimate of drug-likeness (QED) is 0.855. The van der Waals surface area contributed by atoms with E-state index in [1.54, 1.807) is 24.3 Å². The molecule has 1 aromatic heterocycles. The Balaban J connectivity index is 1.94. The lowest BCUT2D eigenvalue weighted by atomic mass is 10.2. The smallest absolute Gasteiger partial charge is 0.248 e. The Hall–Kier alpha value is -2.60. The van der Waals surface area contributed by atoms with Gasteiger partial charge in [0.25, 0.3) is 0 Å². The first-order chi connectivity index (χ1) is 10.9. The van der Waals surface area contributed by atoms with Gasteiger partial charge in [-0.05, 0) is 57.3 Å². The van der Waals surface area contributed by atoms with E-state index < -0.39 is 5.91 Å². The number of amides is 2. The first-order valence-corrected chi connectivity index (χ1v) is 7.33. The van der Waals surface area contributed by atoms with Gasteiger partial charge < -0.3 is 15.5 Å². The second-order valence-corrected chi connectivity index (χ2v) is 5.53. The van der Waals surface area contributed by atoms with E-state index in [2.05, 4.69) is 5.32 Å². The molecule has 0 unspecified atom stereocenters. The van der Waals surface area contributed by atoms with Gasteiger partial charge in [-0.15, -0.1) is 0 Å². The van der Waals surface area contributed by atoms with Crippen LogP contribution in [0.4, 0.5) is 5.69 Å². The van der Waals surface area contributed by atoms with Gasteiger partial charge in [-0.2, -0.15) is 0 Å². The third-order valence-corrected chi connectivity index (χ3v) is 3.68. The predicted octanol–water partition coefficient (Wildman–Crippen LogP) is 2.15. The van der Waals surface area contributed by atoms with E-state index in [0.29, 0.717) is 17.8 Å². The highest BCUT2D eigenvalue weighted by atomic mass is 16.3. The van der Waals surface area contributed by atoms with Gasteiger partial charge in [0.1, 0.15) is 11.5 Å². The summed E-state index contributed by atoms with van der Waals surface area (Å²) in [5.74, 6) is 1.03. The minimum atomic E-state index is -0.496. The van der Waals surface area contributed by atoms with Crippen LogP contribution < -0.4 is 11.1 Å². The molecule has 1 atom stereocenters. The van der Waals surface area contributed by atoms with Crippen molar-refractivity contribution in [2.45, 2.75) is 26.4 Å².